The molecule has 41 heavy (non-hydrogen) atoms. The van der Waals surface area contributed by atoms with E-state index >= 15 is 0 Å². The highest BCUT2D eigenvalue weighted by Gasteiger charge is 2.23. The number of amides is 1. The normalized spacial score (nSPS) is 11.9. The van der Waals surface area contributed by atoms with E-state index < -0.39 is 23.5 Å². The number of halogens is 2. The zero-order valence-electron chi connectivity index (χ0n) is 22.3. The van der Waals surface area contributed by atoms with E-state index in [0.717, 1.165) is 17.0 Å². The molecule has 1 atom stereocenters. The molecule has 2 aromatic heterocycles. The van der Waals surface area contributed by atoms with Crippen molar-refractivity contribution in [1.29, 1.82) is 0 Å². The minimum atomic E-state index is -0.724. The van der Waals surface area contributed by atoms with E-state index in [0.29, 0.717) is 33.5 Å². The summed E-state index contributed by atoms with van der Waals surface area (Å²) in [6.45, 7) is 1.67. The van der Waals surface area contributed by atoms with Crippen molar-refractivity contribution in [2.75, 3.05) is 0 Å². The van der Waals surface area contributed by atoms with Crippen LogP contribution in [0.3, 0.4) is 0 Å². The van der Waals surface area contributed by atoms with Gasteiger partial charge in [0.2, 0.25) is 5.91 Å². The molecule has 8 heteroatoms. The number of carbonyl (C=O) groups excluding carboxylic acids is 2. The first-order valence-corrected chi connectivity index (χ1v) is 13.1. The summed E-state index contributed by atoms with van der Waals surface area (Å²) in [6.07, 6.45) is 1.65. The fraction of sp³-hybridized carbons (Fsp3) is 0.152. The average Bonchev–Trinajstić information content (AvgIpc) is 2.94. The summed E-state index contributed by atoms with van der Waals surface area (Å²) in [6, 6.07) is 22.4. The van der Waals surface area contributed by atoms with Crippen LogP contribution in [0.1, 0.15) is 39.5 Å². The monoisotopic (exact) mass is 551 g/mol. The van der Waals surface area contributed by atoms with Crippen molar-refractivity contribution in [1.82, 2.24) is 9.55 Å². The molecule has 0 unspecified atom stereocenters. The summed E-state index contributed by atoms with van der Waals surface area (Å²) < 4.78 is 29.7. The van der Waals surface area contributed by atoms with Gasteiger partial charge in [-0.05, 0) is 66.4 Å². The number of hydrogen-bond donors (Lipinski definition) is 1. The molecule has 5 aromatic rings. The van der Waals surface area contributed by atoms with Crippen molar-refractivity contribution in [2.24, 2.45) is 5.73 Å². The standard InChI is InChI=1S/C33H27F2N3O3/c1-20-12-31(40)38(30-10-3-2-8-28(20)30)19-27(39)17-24(13-21-14-25(34)18-26(35)15-21)32-29(9-5-11-37-32)22-6-4-7-23(16-22)33(36)41/h2-12,14-16,18,24H,13,17,19H2,1H3,(H2,36,41)/t24-/m1/s1. The third-order valence-electron chi connectivity index (χ3n) is 7.12. The molecule has 1 amide bonds. The molecule has 5 rings (SSSR count). The average molecular weight is 552 g/mol. The number of hydrogen-bond acceptors (Lipinski definition) is 4. The maximum Gasteiger partial charge on any atom is 0.251 e. The van der Waals surface area contributed by atoms with E-state index in [1.54, 1.807) is 42.6 Å². The Kier molecular flexibility index (Phi) is 7.83. The lowest BCUT2D eigenvalue weighted by Crippen LogP contribution is -2.26. The Bertz CT molecular complexity index is 1830. The number of Topliss-reactive ketones (excluding diaryl/α,β-unsaturated/α-hetero) is 1. The largest absolute Gasteiger partial charge is 0.366 e. The molecular formula is C33H27F2N3O3. The molecule has 0 saturated carbocycles. The predicted octanol–water partition coefficient (Wildman–Crippen LogP) is 5.73. The Morgan fingerprint density at radius 1 is 0.927 bits per heavy atom. The van der Waals surface area contributed by atoms with Gasteiger partial charge in [0.05, 0.1) is 17.8 Å². The second-order valence-electron chi connectivity index (χ2n) is 10.1. The number of nitrogens with zero attached hydrogens (tertiary/aromatic N) is 2. The van der Waals surface area contributed by atoms with Crippen LogP contribution in [-0.2, 0) is 17.8 Å². The number of aromatic nitrogens is 2. The number of rotatable bonds is 9. The van der Waals surface area contributed by atoms with E-state index in [2.05, 4.69) is 4.98 Å². The predicted molar refractivity (Wildman–Crippen MR) is 154 cm³/mol. The highest BCUT2D eigenvalue weighted by Crippen LogP contribution is 2.33. The minimum Gasteiger partial charge on any atom is -0.366 e. The molecule has 0 saturated heterocycles. The van der Waals surface area contributed by atoms with E-state index in [9.17, 15) is 23.2 Å². The number of benzene rings is 3. The zero-order valence-corrected chi connectivity index (χ0v) is 22.3. The van der Waals surface area contributed by atoms with E-state index in [4.69, 9.17) is 5.73 Å². The second-order valence-corrected chi connectivity index (χ2v) is 10.1. The lowest BCUT2D eigenvalue weighted by atomic mass is 9.86. The third kappa shape index (κ3) is 6.11. The van der Waals surface area contributed by atoms with Crippen molar-refractivity contribution < 1.29 is 18.4 Å². The van der Waals surface area contributed by atoms with Crippen molar-refractivity contribution in [2.45, 2.75) is 32.2 Å². The molecule has 0 aliphatic carbocycles. The summed E-state index contributed by atoms with van der Waals surface area (Å²) in [5.41, 5.74) is 9.17. The highest BCUT2D eigenvalue weighted by atomic mass is 19.1. The smallest absolute Gasteiger partial charge is 0.251 e. The van der Waals surface area contributed by atoms with Gasteiger partial charge in [-0.25, -0.2) is 8.78 Å². The molecule has 0 radical (unpaired) electrons. The molecular weight excluding hydrogens is 524 g/mol. The Morgan fingerprint density at radius 2 is 1.68 bits per heavy atom. The number of nitrogens with two attached hydrogens (primary N) is 1. The molecule has 0 fully saturated rings. The Morgan fingerprint density at radius 3 is 2.44 bits per heavy atom. The number of fused-ring (bicyclic) bond motifs is 1. The van der Waals surface area contributed by atoms with Crippen molar-refractivity contribution >= 4 is 22.6 Å². The topological polar surface area (TPSA) is 95.1 Å². The fourth-order valence-electron chi connectivity index (χ4n) is 5.29. The molecule has 0 aliphatic rings. The third-order valence-corrected chi connectivity index (χ3v) is 7.12. The van der Waals surface area contributed by atoms with Crippen LogP contribution < -0.4 is 11.3 Å². The summed E-state index contributed by atoms with van der Waals surface area (Å²) in [5, 5.41) is 0.869. The van der Waals surface area contributed by atoms with Crippen LogP contribution in [0.25, 0.3) is 22.0 Å². The van der Waals surface area contributed by atoms with Crippen LogP contribution in [0.4, 0.5) is 8.78 Å². The molecule has 206 valence electrons. The maximum absolute atomic E-state index is 14.1. The first kappa shape index (κ1) is 27.6. The van der Waals surface area contributed by atoms with Gasteiger partial charge in [0.1, 0.15) is 11.6 Å². The number of para-hydroxylation sites is 1. The van der Waals surface area contributed by atoms with Gasteiger partial charge in [0, 0.05) is 47.2 Å². The summed E-state index contributed by atoms with van der Waals surface area (Å²) >= 11 is 0. The molecule has 3 aromatic carbocycles. The van der Waals surface area contributed by atoms with Gasteiger partial charge in [0.25, 0.3) is 5.56 Å². The van der Waals surface area contributed by atoms with Gasteiger partial charge in [0.15, 0.2) is 5.78 Å². The summed E-state index contributed by atoms with van der Waals surface area (Å²) in [4.78, 5) is 42.9. The van der Waals surface area contributed by atoms with Crippen LogP contribution in [0.2, 0.25) is 0 Å². The molecule has 0 bridgehead atoms. The highest BCUT2D eigenvalue weighted by molar-refractivity contribution is 5.94. The summed E-state index contributed by atoms with van der Waals surface area (Å²) in [7, 11) is 0. The van der Waals surface area contributed by atoms with Gasteiger partial charge in [-0.15, -0.1) is 0 Å². The van der Waals surface area contributed by atoms with Crippen molar-refractivity contribution in [3.63, 3.8) is 0 Å². The lowest BCUT2D eigenvalue weighted by molar-refractivity contribution is -0.120. The van der Waals surface area contributed by atoms with Gasteiger partial charge in [-0.3, -0.25) is 19.4 Å². The van der Waals surface area contributed by atoms with Crippen LogP contribution in [0.5, 0.6) is 0 Å². The van der Waals surface area contributed by atoms with Gasteiger partial charge < -0.3 is 10.3 Å². The van der Waals surface area contributed by atoms with E-state index in [-0.39, 0.29) is 30.7 Å². The number of carbonyl (C=O) groups is 2. The summed E-state index contributed by atoms with van der Waals surface area (Å²) in [5.74, 6) is -2.87. The van der Waals surface area contributed by atoms with E-state index in [1.807, 2.05) is 31.2 Å². The number of pyridine rings is 2. The van der Waals surface area contributed by atoms with Crippen LogP contribution in [0, 0.1) is 18.6 Å². The second kappa shape index (κ2) is 11.6. The maximum atomic E-state index is 14.1. The van der Waals surface area contributed by atoms with Crippen molar-refractivity contribution in [3.05, 3.63) is 135 Å². The number of ketones is 1. The molecule has 0 spiro atoms. The SMILES string of the molecule is Cc1cc(=O)n(CC(=O)C[C@@H](Cc2cc(F)cc(F)c2)c2ncccc2-c2cccc(C(N)=O)c2)c2ccccc12. The number of primary amides is 1. The van der Waals surface area contributed by atoms with Crippen LogP contribution in [0.15, 0.2) is 95.9 Å². The first-order valence-electron chi connectivity index (χ1n) is 13.1. The molecule has 6 nitrogen and oxygen atoms in total. The Hall–Kier alpha value is -4.98. The lowest BCUT2D eigenvalue weighted by Gasteiger charge is -2.20. The van der Waals surface area contributed by atoms with Gasteiger partial charge >= 0.3 is 0 Å². The zero-order chi connectivity index (χ0) is 29.1. The quantitative estimate of drug-likeness (QED) is 0.253. The Labute approximate surface area is 235 Å². The first-order chi connectivity index (χ1) is 19.7. The van der Waals surface area contributed by atoms with Gasteiger partial charge in [-0.2, -0.15) is 0 Å². The Balaban J connectivity index is 1.55. The fourth-order valence-corrected chi connectivity index (χ4v) is 5.29. The minimum absolute atomic E-state index is 0.0493. The van der Waals surface area contributed by atoms with Gasteiger partial charge in [-0.1, -0.05) is 36.4 Å². The number of aryl methyl sites for hydroxylation is 1. The van der Waals surface area contributed by atoms with Crippen LogP contribution >= 0.6 is 0 Å². The molecule has 2 heterocycles. The van der Waals surface area contributed by atoms with Crippen LogP contribution in [-0.4, -0.2) is 21.2 Å². The van der Waals surface area contributed by atoms with E-state index in [1.165, 1.54) is 22.8 Å². The molecule has 0 aliphatic heterocycles. The van der Waals surface area contributed by atoms with Crippen molar-refractivity contribution in [3.8, 4) is 11.1 Å². The molecule has 2 N–H and O–H groups in total.